The van der Waals surface area contributed by atoms with E-state index in [9.17, 15) is 0 Å². The lowest BCUT2D eigenvalue weighted by Crippen LogP contribution is -3.00. The smallest absolute Gasteiger partial charge is 0.183 e. The molecule has 0 amide bonds. The molecule has 1 N–H and O–H groups in total. The fourth-order valence-corrected chi connectivity index (χ4v) is 2.76. The quantitative estimate of drug-likeness (QED) is 0.550. The number of rotatable bonds is 5. The van der Waals surface area contributed by atoms with Gasteiger partial charge in [0.25, 0.3) is 0 Å². The molecular formula is C13H20Br2ClN3S. The number of thiazole rings is 1. The summed E-state index contributed by atoms with van der Waals surface area (Å²) in [6, 6.07) is 5.83. The van der Waals surface area contributed by atoms with Gasteiger partial charge in [-0.1, -0.05) is 22.9 Å². The first kappa shape index (κ1) is 20.1. The van der Waals surface area contributed by atoms with Crippen LogP contribution in [0.5, 0.6) is 0 Å². The summed E-state index contributed by atoms with van der Waals surface area (Å²) in [5.41, 5.74) is 0.974. The largest absolute Gasteiger partial charge is 1.00 e. The molecule has 1 heterocycles. The van der Waals surface area contributed by atoms with Gasteiger partial charge in [-0.3, -0.25) is 0 Å². The molecule has 0 fully saturated rings. The molecule has 2 aromatic rings. The van der Waals surface area contributed by atoms with E-state index in [1.807, 2.05) is 18.2 Å². The number of nitrogens with zero attached hydrogens (tertiary/aromatic N) is 2. The second-order valence-electron chi connectivity index (χ2n) is 5.43. The molecule has 0 spiro atoms. The van der Waals surface area contributed by atoms with Gasteiger partial charge in [-0.25, -0.2) is 4.98 Å². The normalized spacial score (nSPS) is 10.8. The van der Waals surface area contributed by atoms with Gasteiger partial charge in [0.05, 0.1) is 37.9 Å². The molecule has 0 unspecified atom stereocenters. The van der Waals surface area contributed by atoms with Gasteiger partial charge in [0.2, 0.25) is 0 Å². The van der Waals surface area contributed by atoms with Crippen LogP contribution >= 0.6 is 39.9 Å². The van der Waals surface area contributed by atoms with Crippen LogP contribution in [0.1, 0.15) is 6.42 Å². The molecule has 2 rings (SSSR count). The fourth-order valence-electron chi connectivity index (χ4n) is 1.72. The second-order valence-corrected chi connectivity index (χ2v) is 6.89. The van der Waals surface area contributed by atoms with Gasteiger partial charge in [-0.15, -0.1) is 17.0 Å². The van der Waals surface area contributed by atoms with Crippen LogP contribution in [0, 0.1) is 0 Å². The first-order valence-corrected chi connectivity index (χ1v) is 7.24. The van der Waals surface area contributed by atoms with E-state index in [0.717, 1.165) is 39.7 Å². The number of fused-ring (bicyclic) bond motifs is 1. The highest BCUT2D eigenvalue weighted by Crippen LogP contribution is 2.27. The first-order valence-electron chi connectivity index (χ1n) is 6.04. The molecule has 3 nitrogen and oxygen atoms in total. The summed E-state index contributed by atoms with van der Waals surface area (Å²) in [5, 5.41) is 5.10. The zero-order valence-corrected chi connectivity index (χ0v) is 16.7. The topological polar surface area (TPSA) is 24.9 Å². The van der Waals surface area contributed by atoms with Gasteiger partial charge in [-0.05, 0) is 18.2 Å². The van der Waals surface area contributed by atoms with Gasteiger partial charge >= 0.3 is 0 Å². The van der Waals surface area contributed by atoms with E-state index in [1.54, 1.807) is 11.3 Å². The maximum atomic E-state index is 5.95. The van der Waals surface area contributed by atoms with E-state index in [1.165, 1.54) is 4.70 Å². The maximum Gasteiger partial charge on any atom is 0.183 e. The lowest BCUT2D eigenvalue weighted by Gasteiger charge is -2.23. The molecule has 1 aromatic heterocycles. The van der Waals surface area contributed by atoms with Crippen molar-refractivity contribution in [3.05, 3.63) is 23.2 Å². The van der Waals surface area contributed by atoms with Crippen molar-refractivity contribution >= 4 is 55.3 Å². The van der Waals surface area contributed by atoms with Crippen molar-refractivity contribution in [1.29, 1.82) is 0 Å². The summed E-state index contributed by atoms with van der Waals surface area (Å²) >= 11 is 7.63. The van der Waals surface area contributed by atoms with Crippen molar-refractivity contribution in [1.82, 2.24) is 4.98 Å². The Kier molecular flexibility index (Phi) is 8.59. The molecule has 0 saturated carbocycles. The van der Waals surface area contributed by atoms with Crippen molar-refractivity contribution in [2.24, 2.45) is 0 Å². The number of nitrogens with one attached hydrogen (secondary N) is 1. The van der Waals surface area contributed by atoms with Crippen molar-refractivity contribution in [2.45, 2.75) is 6.42 Å². The van der Waals surface area contributed by atoms with Crippen molar-refractivity contribution in [3.63, 3.8) is 0 Å². The molecular weight excluding hydrogens is 425 g/mol. The summed E-state index contributed by atoms with van der Waals surface area (Å²) in [6.07, 6.45) is 1.14. The standard InChI is InChI=1S/C13H19ClN3S.2BrH/c1-17(2,3)8-4-7-15-13-16-11-9-10(14)5-6-12(11)18-13;;/h5-6,9H,4,7-8H2,1-3H3,(H,15,16);2*1H/q+1;;/p-1. The van der Waals surface area contributed by atoms with Gasteiger partial charge in [0, 0.05) is 18.0 Å². The van der Waals surface area contributed by atoms with E-state index in [-0.39, 0.29) is 34.0 Å². The molecule has 0 aliphatic rings. The molecule has 0 bridgehead atoms. The fraction of sp³-hybridized carbons (Fsp3) is 0.462. The molecule has 7 heteroatoms. The van der Waals surface area contributed by atoms with E-state index in [2.05, 4.69) is 31.4 Å². The maximum absolute atomic E-state index is 5.95. The van der Waals surface area contributed by atoms with Crippen LogP contribution in [-0.2, 0) is 0 Å². The minimum Gasteiger partial charge on any atom is -1.00 e. The van der Waals surface area contributed by atoms with Crippen LogP contribution in [0.3, 0.4) is 0 Å². The first-order chi connectivity index (χ1) is 8.44. The molecule has 0 radical (unpaired) electrons. The number of quaternary nitrogens is 1. The highest BCUT2D eigenvalue weighted by atomic mass is 79.9. The summed E-state index contributed by atoms with van der Waals surface area (Å²) in [6.45, 7) is 2.12. The monoisotopic (exact) mass is 443 g/mol. The van der Waals surface area contributed by atoms with E-state index >= 15 is 0 Å². The van der Waals surface area contributed by atoms with Crippen LogP contribution in [0.25, 0.3) is 10.2 Å². The van der Waals surface area contributed by atoms with Crippen LogP contribution in [0.4, 0.5) is 5.13 Å². The predicted molar refractivity (Wildman–Crippen MR) is 91.0 cm³/mol. The van der Waals surface area contributed by atoms with Gasteiger partial charge in [0.1, 0.15) is 0 Å². The van der Waals surface area contributed by atoms with Crippen molar-refractivity contribution in [3.8, 4) is 0 Å². The molecule has 1 aromatic carbocycles. The molecule has 20 heavy (non-hydrogen) atoms. The number of halogens is 3. The average molecular weight is 446 g/mol. The Bertz CT molecular complexity index is 540. The Morgan fingerprint density at radius 2 is 2.00 bits per heavy atom. The van der Waals surface area contributed by atoms with E-state index in [4.69, 9.17) is 11.6 Å². The Morgan fingerprint density at radius 3 is 2.65 bits per heavy atom. The minimum absolute atomic E-state index is 0. The zero-order chi connectivity index (χ0) is 13.2. The number of hydrogen-bond acceptors (Lipinski definition) is 3. The molecule has 0 atom stereocenters. The minimum atomic E-state index is 0. The van der Waals surface area contributed by atoms with E-state index < -0.39 is 0 Å². The summed E-state index contributed by atoms with van der Waals surface area (Å²) < 4.78 is 2.17. The SMILES string of the molecule is Br.C[N+](C)(C)CCCNc1nc2cc(Cl)ccc2s1.[Br-]. The highest BCUT2D eigenvalue weighted by molar-refractivity contribution is 8.93. The number of benzene rings is 1. The lowest BCUT2D eigenvalue weighted by atomic mass is 10.3. The number of anilines is 1. The number of hydrogen-bond donors (Lipinski definition) is 1. The second kappa shape index (κ2) is 8.54. The van der Waals surface area contributed by atoms with Crippen LogP contribution in [0.15, 0.2) is 18.2 Å². The van der Waals surface area contributed by atoms with Crippen molar-refractivity contribution < 1.29 is 21.5 Å². The third kappa shape index (κ3) is 6.26. The summed E-state index contributed by atoms with van der Waals surface area (Å²) in [4.78, 5) is 4.53. The van der Waals surface area contributed by atoms with E-state index in [0.29, 0.717) is 0 Å². The highest BCUT2D eigenvalue weighted by Gasteiger charge is 2.07. The van der Waals surface area contributed by atoms with Crippen LogP contribution in [0.2, 0.25) is 5.02 Å². The van der Waals surface area contributed by atoms with Gasteiger partial charge < -0.3 is 26.8 Å². The van der Waals surface area contributed by atoms with Crippen molar-refractivity contribution in [2.75, 3.05) is 39.5 Å². The number of aromatic nitrogens is 1. The molecule has 0 aliphatic carbocycles. The van der Waals surface area contributed by atoms with Gasteiger partial charge in [0.15, 0.2) is 5.13 Å². The third-order valence-electron chi connectivity index (χ3n) is 2.63. The Balaban J connectivity index is 0.00000180. The van der Waals surface area contributed by atoms with Gasteiger partial charge in [-0.2, -0.15) is 0 Å². The Morgan fingerprint density at radius 1 is 1.30 bits per heavy atom. The molecule has 0 aliphatic heterocycles. The summed E-state index contributed by atoms with van der Waals surface area (Å²) in [5.74, 6) is 0. The average Bonchev–Trinajstić information content (AvgIpc) is 2.65. The Hall–Kier alpha value is 0.120. The van der Waals surface area contributed by atoms with Crippen LogP contribution in [-0.4, -0.2) is 43.7 Å². The zero-order valence-electron chi connectivity index (χ0n) is 11.8. The third-order valence-corrected chi connectivity index (χ3v) is 3.86. The van der Waals surface area contributed by atoms with Crippen LogP contribution < -0.4 is 22.3 Å². The predicted octanol–water partition coefficient (Wildman–Crippen LogP) is 1.04. The molecule has 114 valence electrons. The Labute approximate surface area is 150 Å². The summed E-state index contributed by atoms with van der Waals surface area (Å²) in [7, 11) is 6.62. The lowest BCUT2D eigenvalue weighted by molar-refractivity contribution is -0.870. The molecule has 0 saturated heterocycles.